The minimum Gasteiger partial charge on any atom is -0.294 e. The SMILES string of the molecule is CC(=O)c1ccc2c3c(cccc13)C(=O)N(c1cccc(C)c1C)C2=O. The van der Waals surface area contributed by atoms with Gasteiger partial charge in [0.2, 0.25) is 0 Å². The van der Waals surface area contributed by atoms with Crippen LogP contribution in [-0.2, 0) is 0 Å². The molecule has 26 heavy (non-hydrogen) atoms. The zero-order chi connectivity index (χ0) is 18.6. The average molecular weight is 343 g/mol. The van der Waals surface area contributed by atoms with E-state index in [2.05, 4.69) is 0 Å². The lowest BCUT2D eigenvalue weighted by Crippen LogP contribution is -2.41. The molecule has 0 N–H and O–H groups in total. The van der Waals surface area contributed by atoms with Crippen LogP contribution < -0.4 is 4.90 Å². The summed E-state index contributed by atoms with van der Waals surface area (Å²) in [5.74, 6) is -0.810. The van der Waals surface area contributed by atoms with Crippen LogP contribution in [0.3, 0.4) is 0 Å². The van der Waals surface area contributed by atoms with E-state index in [1.165, 1.54) is 11.8 Å². The number of hydrogen-bond donors (Lipinski definition) is 0. The van der Waals surface area contributed by atoms with Gasteiger partial charge < -0.3 is 0 Å². The molecular formula is C22H17NO3. The van der Waals surface area contributed by atoms with Crippen molar-refractivity contribution in [1.29, 1.82) is 0 Å². The summed E-state index contributed by atoms with van der Waals surface area (Å²) in [7, 11) is 0. The van der Waals surface area contributed by atoms with E-state index in [9.17, 15) is 14.4 Å². The van der Waals surface area contributed by atoms with Crippen LogP contribution in [0.25, 0.3) is 10.8 Å². The Labute approximate surface area is 151 Å². The maximum absolute atomic E-state index is 13.2. The van der Waals surface area contributed by atoms with Gasteiger partial charge in [-0.15, -0.1) is 0 Å². The molecule has 2 amide bonds. The van der Waals surface area contributed by atoms with Gasteiger partial charge in [0, 0.05) is 22.1 Å². The van der Waals surface area contributed by atoms with Crippen molar-refractivity contribution in [2.24, 2.45) is 0 Å². The van der Waals surface area contributed by atoms with Crippen LogP contribution in [0.2, 0.25) is 0 Å². The Balaban J connectivity index is 2.02. The lowest BCUT2D eigenvalue weighted by molar-refractivity contribution is 0.0891. The third-order valence-electron chi connectivity index (χ3n) is 5.10. The number of aryl methyl sites for hydroxylation is 1. The van der Waals surface area contributed by atoms with Gasteiger partial charge in [-0.25, -0.2) is 4.90 Å². The van der Waals surface area contributed by atoms with E-state index in [1.807, 2.05) is 26.0 Å². The molecule has 1 aliphatic rings. The Morgan fingerprint density at radius 1 is 0.846 bits per heavy atom. The molecular weight excluding hydrogens is 326 g/mol. The molecule has 0 saturated heterocycles. The molecule has 4 nitrogen and oxygen atoms in total. The van der Waals surface area contributed by atoms with Gasteiger partial charge in [-0.2, -0.15) is 0 Å². The molecule has 0 radical (unpaired) electrons. The Hall–Kier alpha value is -3.27. The molecule has 3 aromatic rings. The predicted molar refractivity (Wildman–Crippen MR) is 101 cm³/mol. The summed E-state index contributed by atoms with van der Waals surface area (Å²) in [6.07, 6.45) is 0. The van der Waals surface area contributed by atoms with Gasteiger partial charge in [0.1, 0.15) is 0 Å². The molecule has 4 rings (SSSR count). The van der Waals surface area contributed by atoms with E-state index in [1.54, 1.807) is 36.4 Å². The topological polar surface area (TPSA) is 54.5 Å². The molecule has 0 aromatic heterocycles. The van der Waals surface area contributed by atoms with Crippen molar-refractivity contribution in [2.75, 3.05) is 4.90 Å². The molecule has 0 aliphatic carbocycles. The van der Waals surface area contributed by atoms with Crippen molar-refractivity contribution in [3.05, 3.63) is 76.3 Å². The molecule has 1 heterocycles. The van der Waals surface area contributed by atoms with Crippen molar-refractivity contribution < 1.29 is 14.4 Å². The second-order valence-corrected chi connectivity index (χ2v) is 6.61. The average Bonchev–Trinajstić information content (AvgIpc) is 2.62. The summed E-state index contributed by atoms with van der Waals surface area (Å²) >= 11 is 0. The van der Waals surface area contributed by atoms with E-state index in [0.29, 0.717) is 33.2 Å². The number of amides is 2. The highest BCUT2D eigenvalue weighted by Gasteiger charge is 2.35. The van der Waals surface area contributed by atoms with E-state index in [0.717, 1.165) is 11.1 Å². The third-order valence-corrected chi connectivity index (χ3v) is 5.10. The van der Waals surface area contributed by atoms with Gasteiger partial charge in [-0.1, -0.05) is 24.3 Å². The molecule has 0 unspecified atom stereocenters. The number of ketones is 1. The predicted octanol–water partition coefficient (Wildman–Crippen LogP) is 4.46. The number of benzene rings is 3. The molecule has 0 spiro atoms. The summed E-state index contributed by atoms with van der Waals surface area (Å²) < 4.78 is 0. The number of carbonyl (C=O) groups excluding carboxylic acids is 3. The second kappa shape index (κ2) is 5.63. The summed E-state index contributed by atoms with van der Waals surface area (Å²) in [5.41, 5.74) is 3.91. The Bertz CT molecular complexity index is 1110. The van der Waals surface area contributed by atoms with E-state index in [-0.39, 0.29) is 17.6 Å². The van der Waals surface area contributed by atoms with Gasteiger partial charge in [0.25, 0.3) is 11.8 Å². The largest absolute Gasteiger partial charge is 0.294 e. The van der Waals surface area contributed by atoms with Gasteiger partial charge in [0.15, 0.2) is 5.78 Å². The smallest absolute Gasteiger partial charge is 0.265 e. The van der Waals surface area contributed by atoms with Crippen LogP contribution in [0.1, 0.15) is 49.1 Å². The molecule has 0 bridgehead atoms. The summed E-state index contributed by atoms with van der Waals surface area (Å²) in [5, 5.41) is 1.21. The molecule has 0 fully saturated rings. The fourth-order valence-corrected chi connectivity index (χ4v) is 3.60. The molecule has 0 saturated carbocycles. The highest BCUT2D eigenvalue weighted by atomic mass is 16.2. The number of anilines is 1. The van der Waals surface area contributed by atoms with Crippen LogP contribution in [0.15, 0.2) is 48.5 Å². The zero-order valence-electron chi connectivity index (χ0n) is 14.8. The number of imide groups is 1. The molecule has 3 aromatic carbocycles. The number of Topliss-reactive ketones (excluding diaryl/α,β-unsaturated/α-hetero) is 1. The number of carbonyl (C=O) groups is 3. The molecule has 0 atom stereocenters. The van der Waals surface area contributed by atoms with Gasteiger partial charge in [0.05, 0.1) is 5.69 Å². The van der Waals surface area contributed by atoms with Crippen molar-refractivity contribution in [1.82, 2.24) is 0 Å². The Morgan fingerprint density at radius 3 is 2.19 bits per heavy atom. The molecule has 4 heteroatoms. The minimum absolute atomic E-state index is 0.0921. The summed E-state index contributed by atoms with van der Waals surface area (Å²) in [6.45, 7) is 5.34. The first-order valence-corrected chi connectivity index (χ1v) is 8.43. The lowest BCUT2D eigenvalue weighted by Gasteiger charge is -2.29. The normalized spacial score (nSPS) is 13.4. The first-order valence-electron chi connectivity index (χ1n) is 8.43. The van der Waals surface area contributed by atoms with E-state index >= 15 is 0 Å². The Kier molecular flexibility index (Phi) is 3.51. The zero-order valence-corrected chi connectivity index (χ0v) is 14.8. The fraction of sp³-hybridized carbons (Fsp3) is 0.136. The van der Waals surface area contributed by atoms with Crippen molar-refractivity contribution in [3.63, 3.8) is 0 Å². The van der Waals surface area contributed by atoms with Crippen molar-refractivity contribution >= 4 is 34.1 Å². The highest BCUT2D eigenvalue weighted by Crippen LogP contribution is 2.36. The van der Waals surface area contributed by atoms with Crippen LogP contribution in [0.5, 0.6) is 0 Å². The van der Waals surface area contributed by atoms with E-state index < -0.39 is 0 Å². The Morgan fingerprint density at radius 2 is 1.50 bits per heavy atom. The fourth-order valence-electron chi connectivity index (χ4n) is 3.60. The van der Waals surface area contributed by atoms with Crippen LogP contribution >= 0.6 is 0 Å². The standard InChI is InChI=1S/C22H17NO3/c1-12-6-4-9-19(13(12)2)23-21(25)17-8-5-7-16-15(14(3)24)10-11-18(20(16)17)22(23)26/h4-11H,1-3H3. The quantitative estimate of drug-likeness (QED) is 0.510. The van der Waals surface area contributed by atoms with Gasteiger partial charge in [-0.05, 0) is 61.5 Å². The second-order valence-electron chi connectivity index (χ2n) is 6.61. The van der Waals surface area contributed by atoms with Crippen molar-refractivity contribution in [3.8, 4) is 0 Å². The first-order chi connectivity index (χ1) is 12.4. The monoisotopic (exact) mass is 343 g/mol. The maximum Gasteiger partial charge on any atom is 0.265 e. The van der Waals surface area contributed by atoms with Crippen molar-refractivity contribution in [2.45, 2.75) is 20.8 Å². The van der Waals surface area contributed by atoms with Gasteiger partial charge in [-0.3, -0.25) is 14.4 Å². The van der Waals surface area contributed by atoms with Crippen LogP contribution in [0, 0.1) is 13.8 Å². The first kappa shape index (κ1) is 16.2. The molecule has 1 aliphatic heterocycles. The molecule has 128 valence electrons. The minimum atomic E-state index is -0.359. The van der Waals surface area contributed by atoms with Gasteiger partial charge >= 0.3 is 0 Å². The summed E-state index contributed by atoms with van der Waals surface area (Å²) in [4.78, 5) is 39.5. The van der Waals surface area contributed by atoms with Crippen LogP contribution in [0.4, 0.5) is 5.69 Å². The number of nitrogens with zero attached hydrogens (tertiary/aromatic N) is 1. The third kappa shape index (κ3) is 2.12. The number of hydrogen-bond acceptors (Lipinski definition) is 3. The van der Waals surface area contributed by atoms with E-state index in [4.69, 9.17) is 0 Å². The highest BCUT2D eigenvalue weighted by molar-refractivity contribution is 6.36. The van der Waals surface area contributed by atoms with Crippen LogP contribution in [-0.4, -0.2) is 17.6 Å². The maximum atomic E-state index is 13.2. The summed E-state index contributed by atoms with van der Waals surface area (Å²) in [6, 6.07) is 14.1. The lowest BCUT2D eigenvalue weighted by atomic mass is 9.90. The number of rotatable bonds is 2.